The van der Waals surface area contributed by atoms with Gasteiger partial charge in [-0.05, 0) is 55.0 Å². The van der Waals surface area contributed by atoms with E-state index < -0.39 is 22.5 Å². The lowest BCUT2D eigenvalue weighted by atomic mass is 10.2. The second-order valence-electron chi connectivity index (χ2n) is 8.21. The highest BCUT2D eigenvalue weighted by molar-refractivity contribution is 7.98. The largest absolute Gasteiger partial charge is 0.493 e. The van der Waals surface area contributed by atoms with E-state index in [0.717, 1.165) is 15.6 Å². The molecule has 1 amide bonds. The number of hydrogen-bond donors (Lipinski definition) is 1. The normalized spacial score (nSPS) is 11.1. The van der Waals surface area contributed by atoms with Crippen molar-refractivity contribution >= 4 is 33.4 Å². The number of rotatable bonds is 13. The molecule has 0 atom stereocenters. The van der Waals surface area contributed by atoms with Gasteiger partial charge in [-0.1, -0.05) is 35.9 Å². The highest BCUT2D eigenvalue weighted by Crippen LogP contribution is 2.33. The van der Waals surface area contributed by atoms with E-state index in [-0.39, 0.29) is 16.4 Å². The third-order valence-corrected chi connectivity index (χ3v) is 8.43. The van der Waals surface area contributed by atoms with Crippen LogP contribution in [0.1, 0.15) is 17.5 Å². The Balaban J connectivity index is 1.67. The molecule has 0 aliphatic heterocycles. The summed E-state index contributed by atoms with van der Waals surface area (Å²) in [6.07, 6.45) is 0.659. The molecule has 0 aromatic heterocycles. The first kappa shape index (κ1) is 28.3. The minimum Gasteiger partial charge on any atom is -0.493 e. The molecule has 3 aromatic carbocycles. The molecule has 37 heavy (non-hydrogen) atoms. The van der Waals surface area contributed by atoms with E-state index in [1.54, 1.807) is 54.2 Å². The number of nitrogens with one attached hydrogen (secondary N) is 1. The number of sulfonamides is 1. The molecule has 0 fully saturated rings. The number of halogens is 1. The summed E-state index contributed by atoms with van der Waals surface area (Å²) >= 11 is 1.57. The van der Waals surface area contributed by atoms with Crippen LogP contribution < -0.4 is 19.1 Å². The fourth-order valence-electron chi connectivity index (χ4n) is 3.52. The molecule has 3 aromatic rings. The molecule has 7 nitrogen and oxygen atoms in total. The van der Waals surface area contributed by atoms with E-state index in [2.05, 4.69) is 5.32 Å². The van der Waals surface area contributed by atoms with Gasteiger partial charge in [-0.25, -0.2) is 12.8 Å². The van der Waals surface area contributed by atoms with Gasteiger partial charge < -0.3 is 14.8 Å². The number of hydrogen-bond acceptors (Lipinski definition) is 6. The third-order valence-electron chi connectivity index (χ3n) is 5.55. The Morgan fingerprint density at radius 1 is 1.00 bits per heavy atom. The van der Waals surface area contributed by atoms with Crippen molar-refractivity contribution in [1.29, 1.82) is 0 Å². The lowest BCUT2D eigenvalue weighted by Gasteiger charge is -2.25. The topological polar surface area (TPSA) is 84.9 Å². The van der Waals surface area contributed by atoms with Crippen LogP contribution in [0.25, 0.3) is 0 Å². The molecule has 0 spiro atoms. The van der Waals surface area contributed by atoms with Crippen LogP contribution in [0.2, 0.25) is 0 Å². The number of anilines is 1. The maximum atomic E-state index is 13.7. The quantitative estimate of drug-likeness (QED) is 0.311. The number of thioether (sulfide) groups is 1. The summed E-state index contributed by atoms with van der Waals surface area (Å²) in [5.41, 5.74) is 1.83. The predicted molar refractivity (Wildman–Crippen MR) is 145 cm³/mol. The molecule has 10 heteroatoms. The predicted octanol–water partition coefficient (Wildman–Crippen LogP) is 4.79. The summed E-state index contributed by atoms with van der Waals surface area (Å²) in [7, 11) is -1.11. The lowest BCUT2D eigenvalue weighted by molar-refractivity contribution is -0.119. The number of carbonyl (C=O) groups excluding carboxylic acids is 1. The Kier molecular flexibility index (Phi) is 10.2. The first-order valence-corrected chi connectivity index (χ1v) is 14.2. The molecular formula is C27H31FN2O5S2. The zero-order valence-electron chi connectivity index (χ0n) is 21.1. The Hall–Kier alpha value is -3.24. The van der Waals surface area contributed by atoms with Crippen molar-refractivity contribution in [2.24, 2.45) is 0 Å². The minimum absolute atomic E-state index is 0.0743. The molecule has 0 saturated heterocycles. The monoisotopic (exact) mass is 546 g/mol. The second-order valence-corrected chi connectivity index (χ2v) is 11.2. The summed E-state index contributed by atoms with van der Waals surface area (Å²) in [4.78, 5) is 12.9. The fraction of sp³-hybridized carbons (Fsp3) is 0.296. The lowest BCUT2D eigenvalue weighted by Crippen LogP contribution is -2.41. The second kappa shape index (κ2) is 13.3. The van der Waals surface area contributed by atoms with Gasteiger partial charge in [0.15, 0.2) is 11.5 Å². The zero-order valence-corrected chi connectivity index (χ0v) is 22.7. The van der Waals surface area contributed by atoms with Crippen LogP contribution in [-0.2, 0) is 20.6 Å². The van der Waals surface area contributed by atoms with Crippen molar-refractivity contribution in [3.63, 3.8) is 0 Å². The van der Waals surface area contributed by atoms with Crippen molar-refractivity contribution in [2.45, 2.75) is 24.0 Å². The van der Waals surface area contributed by atoms with Crippen LogP contribution in [0.4, 0.5) is 10.1 Å². The first-order chi connectivity index (χ1) is 17.8. The van der Waals surface area contributed by atoms with E-state index >= 15 is 0 Å². The van der Waals surface area contributed by atoms with Crippen molar-refractivity contribution < 1.29 is 27.1 Å². The molecule has 0 radical (unpaired) electrons. The molecule has 3 rings (SSSR count). The number of benzene rings is 3. The van der Waals surface area contributed by atoms with E-state index in [9.17, 15) is 17.6 Å². The van der Waals surface area contributed by atoms with Crippen LogP contribution >= 0.6 is 11.8 Å². The van der Waals surface area contributed by atoms with Gasteiger partial charge in [0.25, 0.3) is 10.0 Å². The zero-order chi connectivity index (χ0) is 26.8. The van der Waals surface area contributed by atoms with Gasteiger partial charge in [-0.15, -0.1) is 0 Å². The maximum Gasteiger partial charge on any atom is 0.264 e. The number of aryl methyl sites for hydroxylation is 1. The molecule has 0 bridgehead atoms. The van der Waals surface area contributed by atoms with Gasteiger partial charge in [0.1, 0.15) is 12.4 Å². The standard InChI is InChI=1S/C27H31FN2O5S2/c1-20-9-12-23(13-10-20)37(32,33)30(22-11-14-25(34-2)26(17-22)35-3)18-27(31)29-15-6-16-36-19-21-7-4-5-8-24(21)28/h4-5,7-14,17H,6,15-16,18-19H2,1-3H3,(H,29,31). The Morgan fingerprint density at radius 3 is 2.38 bits per heavy atom. The Morgan fingerprint density at radius 2 is 1.70 bits per heavy atom. The maximum absolute atomic E-state index is 13.7. The average molecular weight is 547 g/mol. The van der Waals surface area contributed by atoms with Crippen molar-refractivity contribution in [2.75, 3.05) is 37.4 Å². The molecule has 0 saturated carbocycles. The molecule has 198 valence electrons. The third kappa shape index (κ3) is 7.62. The first-order valence-electron chi connectivity index (χ1n) is 11.7. The number of nitrogens with zero attached hydrogens (tertiary/aromatic N) is 1. The number of ether oxygens (including phenoxy) is 2. The number of amides is 1. The number of carbonyl (C=O) groups is 1. The van der Waals surface area contributed by atoms with E-state index in [0.29, 0.717) is 35.8 Å². The van der Waals surface area contributed by atoms with Crippen molar-refractivity contribution in [3.8, 4) is 11.5 Å². The van der Waals surface area contributed by atoms with E-state index in [1.807, 2.05) is 6.92 Å². The van der Waals surface area contributed by atoms with Crippen molar-refractivity contribution in [3.05, 3.63) is 83.7 Å². The SMILES string of the molecule is COc1ccc(N(CC(=O)NCCCSCc2ccccc2F)S(=O)(=O)c2ccc(C)cc2)cc1OC. The number of methoxy groups -OCH3 is 2. The van der Waals surface area contributed by atoms with Crippen LogP contribution in [0.3, 0.4) is 0 Å². The molecular weight excluding hydrogens is 515 g/mol. The molecule has 1 N–H and O–H groups in total. The van der Waals surface area contributed by atoms with Gasteiger partial charge >= 0.3 is 0 Å². The Bertz CT molecular complexity index is 1300. The van der Waals surface area contributed by atoms with Gasteiger partial charge in [-0.3, -0.25) is 9.10 Å². The van der Waals surface area contributed by atoms with Gasteiger partial charge in [0, 0.05) is 18.4 Å². The molecule has 0 aliphatic rings. The highest BCUT2D eigenvalue weighted by atomic mass is 32.2. The van der Waals surface area contributed by atoms with Crippen LogP contribution in [0.5, 0.6) is 11.5 Å². The molecule has 0 heterocycles. The van der Waals surface area contributed by atoms with Gasteiger partial charge in [0.05, 0.1) is 24.8 Å². The highest BCUT2D eigenvalue weighted by Gasteiger charge is 2.28. The summed E-state index contributed by atoms with van der Waals surface area (Å²) < 4.78 is 52.5. The summed E-state index contributed by atoms with van der Waals surface area (Å²) in [6.45, 7) is 1.83. The minimum atomic E-state index is -4.05. The molecule has 0 aliphatic carbocycles. The smallest absolute Gasteiger partial charge is 0.264 e. The van der Waals surface area contributed by atoms with E-state index in [1.165, 1.54) is 38.5 Å². The van der Waals surface area contributed by atoms with Crippen LogP contribution in [-0.4, -0.2) is 47.4 Å². The van der Waals surface area contributed by atoms with E-state index in [4.69, 9.17) is 9.47 Å². The van der Waals surface area contributed by atoms with Crippen LogP contribution in [0, 0.1) is 12.7 Å². The van der Waals surface area contributed by atoms with Crippen LogP contribution in [0.15, 0.2) is 71.6 Å². The molecule has 0 unspecified atom stereocenters. The summed E-state index contributed by atoms with van der Waals surface area (Å²) in [5, 5.41) is 2.79. The summed E-state index contributed by atoms with van der Waals surface area (Å²) in [5.74, 6) is 1.38. The fourth-order valence-corrected chi connectivity index (χ4v) is 5.88. The summed E-state index contributed by atoms with van der Waals surface area (Å²) in [6, 6.07) is 17.8. The Labute approximate surface area is 222 Å². The van der Waals surface area contributed by atoms with Gasteiger partial charge in [-0.2, -0.15) is 11.8 Å². The van der Waals surface area contributed by atoms with Crippen molar-refractivity contribution in [1.82, 2.24) is 5.32 Å². The van der Waals surface area contributed by atoms with Gasteiger partial charge in [0.2, 0.25) is 5.91 Å². The average Bonchev–Trinajstić information content (AvgIpc) is 2.90.